The van der Waals surface area contributed by atoms with Crippen LogP contribution in [0.5, 0.6) is 0 Å². The Bertz CT molecular complexity index is 3700. The Kier molecular flexibility index (Phi) is 34.5. The van der Waals surface area contributed by atoms with Crippen LogP contribution in [0.4, 0.5) is 0 Å². The molecule has 0 aliphatic rings. The van der Waals surface area contributed by atoms with Crippen LogP contribution in [0.15, 0.2) is 163 Å². The Morgan fingerprint density at radius 3 is 1.21 bits per heavy atom. The van der Waals surface area contributed by atoms with Gasteiger partial charge in [0.25, 0.3) is 0 Å². The molecule has 6 aromatic carbocycles. The predicted octanol–water partition coefficient (Wildman–Crippen LogP) is 18.8. The van der Waals surface area contributed by atoms with E-state index in [-0.39, 0.29) is 94.9 Å². The summed E-state index contributed by atoms with van der Waals surface area (Å²) >= 11 is 0. The fourth-order valence-electron chi connectivity index (χ4n) is 9.50. The van der Waals surface area contributed by atoms with E-state index in [1.165, 1.54) is 114 Å². The van der Waals surface area contributed by atoms with Crippen LogP contribution in [-0.2, 0) is 87.5 Å². The van der Waals surface area contributed by atoms with E-state index in [0.717, 1.165) is 74.7 Å². The second-order valence-electron chi connectivity index (χ2n) is 22.4. The Hall–Kier alpha value is -6.87. The third-order valence-electron chi connectivity index (χ3n) is 12.2. The summed E-state index contributed by atoms with van der Waals surface area (Å²) in [5, 5.41) is 32.4. The van der Waals surface area contributed by atoms with Gasteiger partial charge in [-0.3, -0.25) is 14.4 Å². The van der Waals surface area contributed by atoms with Crippen LogP contribution < -0.4 is 0 Å². The van der Waals surface area contributed by atoms with Gasteiger partial charge in [0.05, 0.1) is 17.3 Å². The number of aromatic nitrogens is 3. The van der Waals surface area contributed by atoms with E-state index >= 15 is 0 Å². The Labute approximate surface area is 558 Å². The van der Waals surface area contributed by atoms with Gasteiger partial charge in [0, 0.05) is 96.1 Å². The van der Waals surface area contributed by atoms with Gasteiger partial charge in [-0.1, -0.05) is 136 Å². The van der Waals surface area contributed by atoms with Crippen LogP contribution >= 0.6 is 0 Å². The van der Waals surface area contributed by atoms with Crippen molar-refractivity contribution in [2.24, 2.45) is 11.8 Å². The maximum absolute atomic E-state index is 10.0. The van der Waals surface area contributed by atoms with Crippen molar-refractivity contribution in [2.75, 3.05) is 0 Å². The van der Waals surface area contributed by atoms with Crippen LogP contribution in [0.2, 0.25) is 0 Å². The number of pyridine rings is 3. The Morgan fingerprint density at radius 2 is 0.828 bits per heavy atom. The van der Waals surface area contributed by atoms with E-state index < -0.39 is 0 Å². The first kappa shape index (κ1) is 78.1. The molecule has 0 atom stereocenters. The second-order valence-corrected chi connectivity index (χ2v) is 22.4. The predicted molar refractivity (Wildman–Crippen MR) is 349 cm³/mol. The molecule has 465 valence electrons. The number of allylic oxidation sites excluding steroid dienone is 6. The number of nitrogens with zero attached hydrogens (tertiary/aromatic N) is 3. The van der Waals surface area contributed by atoms with Crippen molar-refractivity contribution in [3.8, 4) is 33.8 Å². The van der Waals surface area contributed by atoms with Crippen LogP contribution in [0, 0.1) is 78.5 Å². The van der Waals surface area contributed by atoms with E-state index in [1.807, 2.05) is 13.1 Å². The van der Waals surface area contributed by atoms with Gasteiger partial charge in [0.1, 0.15) is 0 Å². The van der Waals surface area contributed by atoms with Gasteiger partial charge in [-0.2, -0.15) is 0 Å². The van der Waals surface area contributed by atoms with Gasteiger partial charge < -0.3 is 30.3 Å². The summed E-state index contributed by atoms with van der Waals surface area (Å²) in [4.78, 5) is 44.4. The van der Waals surface area contributed by atoms with E-state index in [0.29, 0.717) is 11.8 Å². The monoisotopic (exact) mass is 1700 g/mol. The first-order chi connectivity index (χ1) is 39.6. The average molecular weight is 1700 g/mol. The van der Waals surface area contributed by atoms with Crippen molar-refractivity contribution in [1.29, 1.82) is 0 Å². The van der Waals surface area contributed by atoms with Crippen LogP contribution in [0.25, 0.3) is 66.1 Å². The SMILES string of the molecule is CC(=O)C=C(C)O.CC(=O)C=C(C)O.CC(=O)C=C(C)O.Cc1[c-]c(-c2nc(C)cc3ccccc23)cc(C)c1.Cc1[c-]c(-c2nc(CC(C)C)cc3ccccc23)cc(C)c1.Cc1[c-]c(-c2nccc3ccc(CC(C)C)cc23)cc(C)c1.[Ir].[Ir].[Ir]. The molecule has 9 nitrogen and oxygen atoms in total. The van der Waals surface area contributed by atoms with Crippen molar-refractivity contribution in [3.05, 3.63) is 232 Å². The number of benzene rings is 6. The van der Waals surface area contributed by atoms with Crippen LogP contribution in [-0.4, -0.2) is 47.6 Å². The molecule has 0 spiro atoms. The molecule has 0 amide bonds. The van der Waals surface area contributed by atoms with Crippen LogP contribution in [0.3, 0.4) is 0 Å². The van der Waals surface area contributed by atoms with E-state index in [1.54, 1.807) is 0 Å². The molecule has 0 fully saturated rings. The number of rotatable bonds is 10. The number of carbonyl (C=O) groups is 3. The molecule has 87 heavy (non-hydrogen) atoms. The number of aliphatic hydroxyl groups is 3. The zero-order valence-electron chi connectivity index (χ0n) is 53.3. The minimum atomic E-state index is -0.125. The Balaban J connectivity index is 0.000000553. The maximum Gasteiger partial charge on any atom is 0.155 e. The van der Waals surface area contributed by atoms with Gasteiger partial charge in [0.15, 0.2) is 17.3 Å². The third kappa shape index (κ3) is 27.8. The molecule has 3 N–H and O–H groups in total. The third-order valence-corrected chi connectivity index (χ3v) is 12.2. The minimum Gasteiger partial charge on any atom is -0.512 e. The summed E-state index contributed by atoms with van der Waals surface area (Å²) in [5.74, 6) is 1.07. The van der Waals surface area contributed by atoms with E-state index in [9.17, 15) is 14.4 Å². The number of carbonyl (C=O) groups excluding carboxylic acids is 3. The summed E-state index contributed by atoms with van der Waals surface area (Å²) in [6, 6.07) is 53.4. The second kappa shape index (κ2) is 38.4. The summed E-state index contributed by atoms with van der Waals surface area (Å²) in [5.41, 5.74) is 17.2. The van der Waals surface area contributed by atoms with Crippen molar-refractivity contribution >= 4 is 49.7 Å². The first-order valence-corrected chi connectivity index (χ1v) is 28.4. The molecule has 9 rings (SSSR count). The van der Waals surface area contributed by atoms with Gasteiger partial charge in [-0.15, -0.1) is 105 Å². The fraction of sp³-hybridized carbons (Fsp3) is 0.280. The molecule has 0 aliphatic carbocycles. The van der Waals surface area contributed by atoms with Crippen LogP contribution in [0.1, 0.15) is 120 Å². The first-order valence-electron chi connectivity index (χ1n) is 28.4. The number of ketones is 3. The standard InChI is InChI=1S/2C21H22N.C18H16N.3C5H8O2.3Ir/c1-14(2)9-17-5-6-18-7-8-22-21(20(18)13-17)19-11-15(3)10-16(4)12-19;1-14(2)9-19-13-17-7-5-6-8-20(17)21(22-19)18-11-15(3)10-16(4)12-18;1-12-8-13(2)10-16(9-12)18-17-7-5-4-6-15(17)11-14(3)19-18;3*1-4(6)3-5(2)7;;;/h2*5-8,10-11,13-14H,9H2,1-4H3;4-9,11H,1-3H3;3*3,6H,1-2H3;;;/q3*-1;;;;;;. The minimum absolute atomic E-state index is 0. The number of aryl methyl sites for hydroxylation is 7. The summed E-state index contributed by atoms with van der Waals surface area (Å²) in [6.45, 7) is 32.2. The zero-order chi connectivity index (χ0) is 62.4. The summed E-state index contributed by atoms with van der Waals surface area (Å²) < 4.78 is 0. The van der Waals surface area contributed by atoms with Gasteiger partial charge >= 0.3 is 0 Å². The molecule has 0 saturated heterocycles. The van der Waals surface area contributed by atoms with Gasteiger partial charge in [-0.05, 0) is 146 Å². The molecular weight excluding hydrogens is 1620 g/mol. The fourth-order valence-corrected chi connectivity index (χ4v) is 9.50. The largest absolute Gasteiger partial charge is 0.512 e. The number of aliphatic hydroxyl groups excluding tert-OH is 3. The zero-order valence-corrected chi connectivity index (χ0v) is 60.5. The molecule has 0 bridgehead atoms. The summed E-state index contributed by atoms with van der Waals surface area (Å²) in [7, 11) is 0. The topological polar surface area (TPSA) is 151 Å². The molecular formula is C75H84Ir3N3O6-3. The number of hydrogen-bond donors (Lipinski definition) is 3. The number of hydrogen-bond acceptors (Lipinski definition) is 9. The molecule has 9 aromatic rings. The van der Waals surface area contributed by atoms with Crippen molar-refractivity contribution in [2.45, 2.75) is 131 Å². The number of fused-ring (bicyclic) bond motifs is 3. The van der Waals surface area contributed by atoms with E-state index in [2.05, 4.69) is 214 Å². The molecule has 0 aliphatic heterocycles. The quantitative estimate of drug-likeness (QED) is 0.0691. The smallest absolute Gasteiger partial charge is 0.155 e. The maximum atomic E-state index is 10.0. The molecule has 3 aromatic heterocycles. The normalized spacial score (nSPS) is 10.9. The molecule has 0 saturated carbocycles. The molecule has 3 heterocycles. The average Bonchev–Trinajstić information content (AvgIpc) is 1.28. The van der Waals surface area contributed by atoms with Crippen molar-refractivity contribution < 1.29 is 90.0 Å². The Morgan fingerprint density at radius 1 is 0.437 bits per heavy atom. The molecule has 0 unspecified atom stereocenters. The van der Waals surface area contributed by atoms with Crippen molar-refractivity contribution in [1.82, 2.24) is 15.0 Å². The van der Waals surface area contributed by atoms with Gasteiger partial charge in [-0.25, -0.2) is 0 Å². The van der Waals surface area contributed by atoms with E-state index in [4.69, 9.17) is 25.3 Å². The molecule has 12 heteroatoms. The molecule has 3 radical (unpaired) electrons. The van der Waals surface area contributed by atoms with Crippen molar-refractivity contribution in [3.63, 3.8) is 0 Å². The van der Waals surface area contributed by atoms with Gasteiger partial charge in [0.2, 0.25) is 0 Å². The summed E-state index contributed by atoms with van der Waals surface area (Å²) in [6.07, 6.45) is 7.49.